The van der Waals surface area contributed by atoms with Gasteiger partial charge in [-0.1, -0.05) is 12.1 Å². The van der Waals surface area contributed by atoms with Gasteiger partial charge < -0.3 is 14.8 Å². The first-order chi connectivity index (χ1) is 11.4. The fourth-order valence-corrected chi connectivity index (χ4v) is 2.50. The van der Waals surface area contributed by atoms with E-state index in [1.165, 1.54) is 0 Å². The summed E-state index contributed by atoms with van der Waals surface area (Å²) in [4.78, 5) is 16.7. The number of hydrogen-bond acceptors (Lipinski definition) is 4. The second kappa shape index (κ2) is 7.93. The number of pyridine rings is 1. The van der Waals surface area contributed by atoms with Crippen LogP contribution >= 0.6 is 0 Å². The molecule has 1 amide bonds. The molecule has 1 atom stereocenters. The van der Waals surface area contributed by atoms with Crippen molar-refractivity contribution in [3.05, 3.63) is 52.8 Å². The molecule has 0 aliphatic carbocycles. The van der Waals surface area contributed by atoms with Crippen LogP contribution in [-0.2, 0) is 16.1 Å². The van der Waals surface area contributed by atoms with Crippen LogP contribution in [0.4, 0.5) is 5.69 Å². The van der Waals surface area contributed by atoms with Crippen molar-refractivity contribution in [1.82, 2.24) is 4.98 Å². The highest BCUT2D eigenvalue weighted by molar-refractivity contribution is 5.95. The third kappa shape index (κ3) is 4.55. The van der Waals surface area contributed by atoms with E-state index in [-0.39, 0.29) is 5.91 Å². The molecule has 5 nitrogen and oxygen atoms in total. The van der Waals surface area contributed by atoms with E-state index >= 15 is 0 Å². The topological polar surface area (TPSA) is 60.5 Å². The lowest BCUT2D eigenvalue weighted by Gasteiger charge is -2.16. The number of benzene rings is 1. The largest absolute Gasteiger partial charge is 0.497 e. The van der Waals surface area contributed by atoms with Crippen molar-refractivity contribution in [1.29, 1.82) is 0 Å². The minimum atomic E-state index is -0.573. The number of carbonyl (C=O) groups excluding carboxylic acids is 1. The third-order valence-corrected chi connectivity index (χ3v) is 3.78. The molecular weight excluding hydrogens is 304 g/mol. The van der Waals surface area contributed by atoms with Gasteiger partial charge in [-0.05, 0) is 57.0 Å². The van der Waals surface area contributed by atoms with E-state index in [1.807, 2.05) is 51.1 Å². The highest BCUT2D eigenvalue weighted by Crippen LogP contribution is 2.20. The standard InChI is InChI=1S/C19H24N2O3/c1-12-9-13(2)20-14(3)18(12)21-19(22)15(4)24-11-16-7-6-8-17(10-16)23-5/h6-10,15H,11H2,1-5H3,(H,21,22). The highest BCUT2D eigenvalue weighted by Gasteiger charge is 2.16. The van der Waals surface area contributed by atoms with Crippen LogP contribution < -0.4 is 10.1 Å². The molecule has 0 spiro atoms. The van der Waals surface area contributed by atoms with Crippen molar-refractivity contribution < 1.29 is 14.3 Å². The maximum atomic E-state index is 12.4. The monoisotopic (exact) mass is 328 g/mol. The summed E-state index contributed by atoms with van der Waals surface area (Å²) in [6.07, 6.45) is -0.573. The Labute approximate surface area is 143 Å². The molecule has 2 rings (SSSR count). The molecule has 128 valence electrons. The molecule has 24 heavy (non-hydrogen) atoms. The number of amides is 1. The summed E-state index contributed by atoms with van der Waals surface area (Å²) in [7, 11) is 1.62. The number of aryl methyl sites for hydroxylation is 3. The average Bonchev–Trinajstić information content (AvgIpc) is 2.55. The van der Waals surface area contributed by atoms with Crippen molar-refractivity contribution in [2.24, 2.45) is 0 Å². The van der Waals surface area contributed by atoms with Gasteiger partial charge in [0.2, 0.25) is 0 Å². The van der Waals surface area contributed by atoms with Gasteiger partial charge in [0.15, 0.2) is 0 Å². The van der Waals surface area contributed by atoms with Crippen molar-refractivity contribution in [3.63, 3.8) is 0 Å². The van der Waals surface area contributed by atoms with E-state index in [2.05, 4.69) is 10.3 Å². The summed E-state index contributed by atoms with van der Waals surface area (Å²) in [5.41, 5.74) is 4.44. The fraction of sp³-hybridized carbons (Fsp3) is 0.368. The average molecular weight is 328 g/mol. The molecule has 0 bridgehead atoms. The molecule has 0 fully saturated rings. The number of aromatic nitrogens is 1. The van der Waals surface area contributed by atoms with E-state index < -0.39 is 6.10 Å². The van der Waals surface area contributed by atoms with E-state index in [4.69, 9.17) is 9.47 Å². The van der Waals surface area contributed by atoms with Gasteiger partial charge >= 0.3 is 0 Å². The lowest BCUT2D eigenvalue weighted by molar-refractivity contribution is -0.127. The predicted molar refractivity (Wildman–Crippen MR) is 94.3 cm³/mol. The van der Waals surface area contributed by atoms with Gasteiger partial charge in [0.1, 0.15) is 11.9 Å². The van der Waals surface area contributed by atoms with Crippen LogP contribution in [0.1, 0.15) is 29.4 Å². The number of hydrogen-bond donors (Lipinski definition) is 1. The minimum Gasteiger partial charge on any atom is -0.497 e. The normalized spacial score (nSPS) is 11.9. The Balaban J connectivity index is 1.97. The van der Waals surface area contributed by atoms with Crippen LogP contribution in [0.25, 0.3) is 0 Å². The van der Waals surface area contributed by atoms with Crippen molar-refractivity contribution in [2.45, 2.75) is 40.4 Å². The first kappa shape index (κ1) is 17.9. The van der Waals surface area contributed by atoms with E-state index in [9.17, 15) is 4.79 Å². The van der Waals surface area contributed by atoms with Crippen LogP contribution in [0.2, 0.25) is 0 Å². The maximum absolute atomic E-state index is 12.4. The highest BCUT2D eigenvalue weighted by atomic mass is 16.5. The predicted octanol–water partition coefficient (Wildman–Crippen LogP) is 3.56. The minimum absolute atomic E-state index is 0.185. The second-order valence-electron chi connectivity index (χ2n) is 5.83. The number of nitrogens with one attached hydrogen (secondary N) is 1. The fourth-order valence-electron chi connectivity index (χ4n) is 2.50. The number of carbonyl (C=O) groups is 1. The van der Waals surface area contributed by atoms with Gasteiger partial charge in [0.25, 0.3) is 5.91 Å². The van der Waals surface area contributed by atoms with Crippen LogP contribution in [0.5, 0.6) is 5.75 Å². The Morgan fingerprint density at radius 3 is 2.67 bits per heavy atom. The molecule has 1 unspecified atom stereocenters. The Bertz CT molecular complexity index is 705. The van der Waals surface area contributed by atoms with E-state index in [0.29, 0.717) is 6.61 Å². The van der Waals surface area contributed by atoms with Gasteiger partial charge in [-0.3, -0.25) is 9.78 Å². The second-order valence-corrected chi connectivity index (χ2v) is 5.83. The van der Waals surface area contributed by atoms with Crippen LogP contribution in [0.3, 0.4) is 0 Å². The molecule has 5 heteroatoms. The third-order valence-electron chi connectivity index (χ3n) is 3.78. The molecule has 0 aliphatic heterocycles. The van der Waals surface area contributed by atoms with Crippen molar-refractivity contribution in [2.75, 3.05) is 12.4 Å². The molecule has 0 radical (unpaired) electrons. The lowest BCUT2D eigenvalue weighted by atomic mass is 10.1. The first-order valence-corrected chi connectivity index (χ1v) is 7.91. The van der Waals surface area contributed by atoms with Gasteiger partial charge in [0.05, 0.1) is 25.1 Å². The summed E-state index contributed by atoms with van der Waals surface area (Å²) < 4.78 is 10.9. The number of methoxy groups -OCH3 is 1. The molecule has 1 aromatic heterocycles. The maximum Gasteiger partial charge on any atom is 0.253 e. The molecule has 1 heterocycles. The molecule has 0 saturated carbocycles. The van der Waals surface area contributed by atoms with Gasteiger partial charge in [-0.25, -0.2) is 0 Å². The van der Waals surface area contributed by atoms with Crippen molar-refractivity contribution >= 4 is 11.6 Å². The molecule has 0 aliphatic rings. The summed E-state index contributed by atoms with van der Waals surface area (Å²) in [6.45, 7) is 7.86. The van der Waals surface area contributed by atoms with Crippen LogP contribution in [0.15, 0.2) is 30.3 Å². The first-order valence-electron chi connectivity index (χ1n) is 7.91. The van der Waals surface area contributed by atoms with Crippen molar-refractivity contribution in [3.8, 4) is 5.75 Å². The van der Waals surface area contributed by atoms with E-state index in [1.54, 1.807) is 14.0 Å². The number of nitrogens with zero attached hydrogens (tertiary/aromatic N) is 1. The number of ether oxygens (including phenoxy) is 2. The zero-order valence-electron chi connectivity index (χ0n) is 14.8. The molecule has 0 saturated heterocycles. The molecule has 1 aromatic carbocycles. The Morgan fingerprint density at radius 1 is 1.25 bits per heavy atom. The Morgan fingerprint density at radius 2 is 2.00 bits per heavy atom. The SMILES string of the molecule is COc1cccc(COC(C)C(=O)Nc2c(C)cc(C)nc2C)c1. The summed E-state index contributed by atoms with van der Waals surface area (Å²) >= 11 is 0. The number of anilines is 1. The molecule has 1 N–H and O–H groups in total. The quantitative estimate of drug-likeness (QED) is 0.881. The summed E-state index contributed by atoms with van der Waals surface area (Å²) in [5.74, 6) is 0.583. The van der Waals surface area contributed by atoms with Gasteiger partial charge in [-0.15, -0.1) is 0 Å². The molecular formula is C19H24N2O3. The Hall–Kier alpha value is -2.40. The van der Waals surface area contributed by atoms with Gasteiger partial charge in [-0.2, -0.15) is 0 Å². The van der Waals surface area contributed by atoms with Gasteiger partial charge in [0, 0.05) is 5.69 Å². The van der Waals surface area contributed by atoms with E-state index in [0.717, 1.165) is 34.0 Å². The smallest absolute Gasteiger partial charge is 0.253 e. The van der Waals surface area contributed by atoms with Crippen LogP contribution in [-0.4, -0.2) is 24.1 Å². The Kier molecular flexibility index (Phi) is 5.93. The number of rotatable bonds is 6. The molecule has 2 aromatic rings. The summed E-state index contributed by atoms with van der Waals surface area (Å²) in [5, 5.41) is 2.91. The zero-order chi connectivity index (χ0) is 17.7. The van der Waals surface area contributed by atoms with Crippen LogP contribution in [0, 0.1) is 20.8 Å². The zero-order valence-corrected chi connectivity index (χ0v) is 14.8. The summed E-state index contributed by atoms with van der Waals surface area (Å²) in [6, 6.07) is 9.54. The lowest BCUT2D eigenvalue weighted by Crippen LogP contribution is -2.28.